The molecule has 0 N–H and O–H groups in total. The van der Waals surface area contributed by atoms with Gasteiger partial charge in [-0.2, -0.15) is 5.10 Å². The van der Waals surface area contributed by atoms with Gasteiger partial charge >= 0.3 is 0 Å². The van der Waals surface area contributed by atoms with Gasteiger partial charge in [-0.3, -0.25) is 0 Å². The maximum absolute atomic E-state index is 5.49. The molecule has 4 aromatic rings. The van der Waals surface area contributed by atoms with E-state index in [0.29, 0.717) is 0 Å². The van der Waals surface area contributed by atoms with E-state index in [4.69, 9.17) is 4.42 Å². The minimum atomic E-state index is 0.740. The third-order valence-corrected chi connectivity index (χ3v) is 5.13. The molecule has 0 aliphatic carbocycles. The van der Waals surface area contributed by atoms with Gasteiger partial charge in [-0.1, -0.05) is 0 Å². The zero-order valence-electron chi connectivity index (χ0n) is 15.9. The Labute approximate surface area is 162 Å². The molecule has 1 fully saturated rings. The molecule has 1 aliphatic heterocycles. The molecule has 5 heterocycles. The van der Waals surface area contributed by atoms with E-state index < -0.39 is 0 Å². The summed E-state index contributed by atoms with van der Waals surface area (Å²) in [6, 6.07) is 9.90. The summed E-state index contributed by atoms with van der Waals surface area (Å²) in [5, 5.41) is 14.3. The van der Waals surface area contributed by atoms with Gasteiger partial charge in [0.05, 0.1) is 17.3 Å². The Hall–Kier alpha value is -3.42. The fourth-order valence-corrected chi connectivity index (χ4v) is 3.74. The zero-order valence-corrected chi connectivity index (χ0v) is 15.9. The number of fused-ring (bicyclic) bond motifs is 1. The van der Waals surface area contributed by atoms with Gasteiger partial charge in [0.15, 0.2) is 11.6 Å². The SMILES string of the molecule is Cc1cc(C)n(-c2ccc(N3CCN(c4nccc5occc45)CC3)nn2)n1. The number of anilines is 2. The lowest BCUT2D eigenvalue weighted by Gasteiger charge is -2.36. The predicted octanol–water partition coefficient (Wildman–Crippen LogP) is 2.75. The number of hydrogen-bond acceptors (Lipinski definition) is 7. The van der Waals surface area contributed by atoms with E-state index in [1.54, 1.807) is 12.5 Å². The minimum Gasteiger partial charge on any atom is -0.464 e. The van der Waals surface area contributed by atoms with Crippen LogP contribution in [-0.4, -0.2) is 51.1 Å². The quantitative estimate of drug-likeness (QED) is 0.545. The second-order valence-electron chi connectivity index (χ2n) is 7.03. The summed E-state index contributed by atoms with van der Waals surface area (Å²) in [6.07, 6.45) is 3.52. The lowest BCUT2D eigenvalue weighted by Crippen LogP contribution is -2.47. The maximum Gasteiger partial charge on any atom is 0.176 e. The van der Waals surface area contributed by atoms with E-state index in [9.17, 15) is 0 Å². The standard InChI is InChI=1S/C20H21N7O/c1-14-13-15(2)27(24-14)19-4-3-18(22-23-19)25-8-10-26(11-9-25)20-16-6-12-28-17(16)5-7-21-20/h3-7,12-13H,8-11H2,1-2H3. The van der Waals surface area contributed by atoms with Crippen molar-refractivity contribution in [1.82, 2.24) is 25.0 Å². The van der Waals surface area contributed by atoms with Crippen LogP contribution in [0.25, 0.3) is 16.8 Å². The van der Waals surface area contributed by atoms with Gasteiger partial charge in [0, 0.05) is 38.1 Å². The molecule has 0 atom stereocenters. The molecule has 0 aromatic carbocycles. The molecule has 28 heavy (non-hydrogen) atoms. The summed E-state index contributed by atoms with van der Waals surface area (Å²) in [5.41, 5.74) is 2.90. The number of aryl methyl sites for hydroxylation is 2. The van der Waals surface area contributed by atoms with Crippen LogP contribution < -0.4 is 9.80 Å². The number of aromatic nitrogens is 5. The summed E-state index contributed by atoms with van der Waals surface area (Å²) in [5.74, 6) is 2.61. The lowest BCUT2D eigenvalue weighted by atomic mass is 10.2. The molecular weight excluding hydrogens is 354 g/mol. The summed E-state index contributed by atoms with van der Waals surface area (Å²) in [6.45, 7) is 7.47. The summed E-state index contributed by atoms with van der Waals surface area (Å²) >= 11 is 0. The van der Waals surface area contributed by atoms with Crippen LogP contribution in [0.1, 0.15) is 11.4 Å². The van der Waals surface area contributed by atoms with E-state index in [0.717, 1.165) is 66.0 Å². The van der Waals surface area contributed by atoms with Crippen molar-refractivity contribution in [3.63, 3.8) is 0 Å². The highest BCUT2D eigenvalue weighted by molar-refractivity contribution is 5.88. The van der Waals surface area contributed by atoms with Gasteiger partial charge in [0.2, 0.25) is 0 Å². The normalized spacial score (nSPS) is 14.8. The molecule has 142 valence electrons. The van der Waals surface area contributed by atoms with Crippen molar-refractivity contribution < 1.29 is 4.42 Å². The monoisotopic (exact) mass is 375 g/mol. The third kappa shape index (κ3) is 2.87. The van der Waals surface area contributed by atoms with Crippen LogP contribution in [0.15, 0.2) is 47.2 Å². The smallest absolute Gasteiger partial charge is 0.176 e. The zero-order chi connectivity index (χ0) is 19.1. The molecule has 0 spiro atoms. The Balaban J connectivity index is 1.30. The van der Waals surface area contributed by atoms with Crippen LogP contribution in [0.4, 0.5) is 11.6 Å². The molecule has 5 rings (SSSR count). The van der Waals surface area contributed by atoms with Crippen LogP contribution in [-0.2, 0) is 0 Å². The average Bonchev–Trinajstić information content (AvgIpc) is 3.34. The Morgan fingerprint density at radius 2 is 1.64 bits per heavy atom. The van der Waals surface area contributed by atoms with Crippen molar-refractivity contribution in [2.24, 2.45) is 0 Å². The first kappa shape index (κ1) is 16.7. The summed E-state index contributed by atoms with van der Waals surface area (Å²) < 4.78 is 7.32. The molecule has 1 aliphatic rings. The number of nitrogens with zero attached hydrogens (tertiary/aromatic N) is 7. The number of rotatable bonds is 3. The Bertz CT molecular complexity index is 1110. The van der Waals surface area contributed by atoms with E-state index in [1.165, 1.54) is 0 Å². The highest BCUT2D eigenvalue weighted by Gasteiger charge is 2.21. The molecule has 8 heteroatoms. The highest BCUT2D eigenvalue weighted by Crippen LogP contribution is 2.26. The molecule has 4 aromatic heterocycles. The van der Waals surface area contributed by atoms with Gasteiger partial charge < -0.3 is 14.2 Å². The predicted molar refractivity (Wildman–Crippen MR) is 107 cm³/mol. The molecule has 0 amide bonds. The van der Waals surface area contributed by atoms with Crippen LogP contribution in [0.3, 0.4) is 0 Å². The fraction of sp³-hybridized carbons (Fsp3) is 0.300. The largest absolute Gasteiger partial charge is 0.464 e. The highest BCUT2D eigenvalue weighted by atomic mass is 16.3. The van der Waals surface area contributed by atoms with Gasteiger partial charge in [-0.25, -0.2) is 9.67 Å². The average molecular weight is 375 g/mol. The van der Waals surface area contributed by atoms with Gasteiger partial charge in [-0.15, -0.1) is 10.2 Å². The number of pyridine rings is 1. The molecule has 1 saturated heterocycles. The second-order valence-corrected chi connectivity index (χ2v) is 7.03. The third-order valence-electron chi connectivity index (χ3n) is 5.13. The number of piperazine rings is 1. The summed E-state index contributed by atoms with van der Waals surface area (Å²) in [4.78, 5) is 9.12. The molecule has 0 unspecified atom stereocenters. The Morgan fingerprint density at radius 1 is 0.893 bits per heavy atom. The van der Waals surface area contributed by atoms with Gasteiger partial charge in [0.1, 0.15) is 11.4 Å². The molecular formula is C20H21N7O. The van der Waals surface area contributed by atoms with E-state index in [2.05, 4.69) is 30.1 Å². The van der Waals surface area contributed by atoms with Gasteiger partial charge in [-0.05, 0) is 44.2 Å². The van der Waals surface area contributed by atoms with Crippen molar-refractivity contribution in [1.29, 1.82) is 0 Å². The maximum atomic E-state index is 5.49. The van der Waals surface area contributed by atoms with Crippen molar-refractivity contribution >= 4 is 22.6 Å². The van der Waals surface area contributed by atoms with E-state index in [-0.39, 0.29) is 0 Å². The molecule has 8 nitrogen and oxygen atoms in total. The Morgan fingerprint density at radius 3 is 2.36 bits per heavy atom. The number of hydrogen-bond donors (Lipinski definition) is 0. The number of furan rings is 1. The van der Waals surface area contributed by atoms with Crippen LogP contribution in [0.5, 0.6) is 0 Å². The first-order valence-corrected chi connectivity index (χ1v) is 9.38. The van der Waals surface area contributed by atoms with Crippen molar-refractivity contribution in [2.45, 2.75) is 13.8 Å². The van der Waals surface area contributed by atoms with Crippen molar-refractivity contribution in [3.8, 4) is 5.82 Å². The fourth-order valence-electron chi connectivity index (χ4n) is 3.74. The van der Waals surface area contributed by atoms with Gasteiger partial charge in [0.25, 0.3) is 0 Å². The Kier molecular flexibility index (Phi) is 3.96. The molecule has 0 radical (unpaired) electrons. The summed E-state index contributed by atoms with van der Waals surface area (Å²) in [7, 11) is 0. The van der Waals surface area contributed by atoms with Crippen molar-refractivity contribution in [2.75, 3.05) is 36.0 Å². The lowest BCUT2D eigenvalue weighted by molar-refractivity contribution is 0.614. The molecule has 0 saturated carbocycles. The van der Waals surface area contributed by atoms with Crippen LogP contribution >= 0.6 is 0 Å². The van der Waals surface area contributed by atoms with Crippen LogP contribution in [0, 0.1) is 13.8 Å². The van der Waals surface area contributed by atoms with Crippen LogP contribution in [0.2, 0.25) is 0 Å². The van der Waals surface area contributed by atoms with Crippen molar-refractivity contribution in [3.05, 3.63) is 54.2 Å². The minimum absolute atomic E-state index is 0.740. The topological polar surface area (TPSA) is 76.1 Å². The second kappa shape index (κ2) is 6.63. The molecule has 0 bridgehead atoms. The first-order valence-electron chi connectivity index (χ1n) is 9.38. The first-order chi connectivity index (χ1) is 13.7. The van der Waals surface area contributed by atoms with E-state index >= 15 is 0 Å². The van der Waals surface area contributed by atoms with E-state index in [1.807, 2.05) is 48.9 Å².